The Bertz CT molecular complexity index is 7020. The molecule has 0 radical (unpaired) electrons. The average Bonchev–Trinajstić information content (AvgIpc) is 1.67. The van der Waals surface area contributed by atoms with Crippen LogP contribution in [0.1, 0.15) is 176 Å². The summed E-state index contributed by atoms with van der Waals surface area (Å²) < 4.78 is 164. The van der Waals surface area contributed by atoms with E-state index < -0.39 is 101 Å². The first-order chi connectivity index (χ1) is 69.0. The van der Waals surface area contributed by atoms with Crippen LogP contribution in [0.5, 0.6) is 0 Å². The molecule has 8 aromatic heterocycles. The van der Waals surface area contributed by atoms with E-state index >= 15 is 0 Å². The molecular formula is C101H87Cl4F12N15O9S4. The van der Waals surface area contributed by atoms with Gasteiger partial charge in [-0.25, -0.2) is 4.79 Å². The minimum absolute atomic E-state index is 0.0350. The maximum Gasteiger partial charge on any atom is 0.416 e. The van der Waals surface area contributed by atoms with Crippen LogP contribution in [0.15, 0.2) is 195 Å². The van der Waals surface area contributed by atoms with Gasteiger partial charge in [-0.05, 0) is 185 Å². The second kappa shape index (κ2) is 44.4. The van der Waals surface area contributed by atoms with Gasteiger partial charge in [0, 0.05) is 106 Å². The zero-order valence-corrected chi connectivity index (χ0v) is 82.5. The Morgan fingerprint density at radius 2 is 0.669 bits per heavy atom. The first-order valence-corrected chi connectivity index (χ1v) is 50.3. The fraction of sp³-hybridized carbons (Fsp3) is 0.287. The lowest BCUT2D eigenvalue weighted by atomic mass is 9.93. The van der Waals surface area contributed by atoms with Crippen LogP contribution in [0.2, 0.25) is 20.1 Å². The fourth-order valence-corrected chi connectivity index (χ4v) is 23.4. The highest BCUT2D eigenvalue weighted by Gasteiger charge is 2.42. The number of hydrogen-bond acceptors (Lipinski definition) is 19. The molecule has 24 nitrogen and oxygen atoms in total. The molecule has 145 heavy (non-hydrogen) atoms. The molecule has 20 rings (SSSR count). The van der Waals surface area contributed by atoms with Crippen molar-refractivity contribution in [3.63, 3.8) is 0 Å². The highest BCUT2D eigenvalue weighted by atomic mass is 35.5. The molecule has 4 atom stereocenters. The minimum atomic E-state index is -4.54. The van der Waals surface area contributed by atoms with E-state index in [0.29, 0.717) is 85.9 Å². The van der Waals surface area contributed by atoms with Crippen molar-refractivity contribution in [2.75, 3.05) is 26.2 Å². The molecule has 0 saturated heterocycles. The molecule has 0 saturated carbocycles. The van der Waals surface area contributed by atoms with Gasteiger partial charge in [-0.2, -0.15) is 73.1 Å². The van der Waals surface area contributed by atoms with Crippen molar-refractivity contribution >= 4 is 139 Å². The third-order valence-electron chi connectivity index (χ3n) is 24.8. The number of nitrogens with zero attached hydrogens (tertiary/aromatic N) is 10. The predicted molar refractivity (Wildman–Crippen MR) is 528 cm³/mol. The Kier molecular flexibility index (Phi) is 32.3. The van der Waals surface area contributed by atoms with Crippen LogP contribution in [0.3, 0.4) is 0 Å². The van der Waals surface area contributed by atoms with Crippen LogP contribution in [-0.2, 0) is 102 Å². The predicted octanol–water partition coefficient (Wildman–Crippen LogP) is 21.8. The lowest BCUT2D eigenvalue weighted by Crippen LogP contribution is -2.46. The standard InChI is InChI=1S/C29H22ClF3N4O3S.C22H21ClF3N3OS.C21H20ClF3N4OS.C18H15F3N2O2.C11H9ClN2O2S/c30-22-14-34-37-10-4-9-23-21(25(22)37)13-24(41-23)26(38)35-18(12-16-5-3-6-17(11-16)29(31,32)33)15-36-27(39)19-7-1-2-8-20(19)28(36)40;23-17-12-28-29-6-2-5-19-16(21(17)29)10-20(31-19)18(30)9-14(11-27)7-13-3-1-4-15(8-13)22(24,25)26;22-16-11-27-29-6-2-5-17-15(19(16)29)9-18(31-17)20(30)28-14(10-26)8-12-3-1-4-13(7-12)21(23,24)25;19-18(20,21)12-5-3-4-11(8-12)9-13(22)10-23-16(24)14-6-1-2-7-15(14)17(23)25;12-7-5-13-14-3-1-2-8-6(10(7)14)4-9(17-8)11(15)16/h1-3,5-8,11,13-14,18H,4,9-10,12,15H2,(H,35,38);1,3-4,8,10,12,14H,2,5-7,9,11,27H2;1,3-4,7,9,11,14H,2,5-6,8,10,26H2,(H,28,30);1-8,13H,9-10,22H2;4-5H,1-3H2,(H,15,16)/t18-;2*14-;13-;/m0100./s1. The number of amides is 6. The summed E-state index contributed by atoms with van der Waals surface area (Å²) in [4.78, 5) is 109. The van der Waals surface area contributed by atoms with Crippen LogP contribution in [0, 0.1) is 5.92 Å². The number of carbonyl (C=O) groups is 8. The summed E-state index contributed by atoms with van der Waals surface area (Å²) in [6, 6.07) is 37.9. The number of benzene rings is 6. The fourth-order valence-electron chi connectivity index (χ4n) is 18.0. The van der Waals surface area contributed by atoms with Gasteiger partial charge in [0.2, 0.25) is 0 Å². The maximum absolute atomic E-state index is 13.5. The first-order valence-electron chi connectivity index (χ1n) is 45.5. The molecule has 0 unspecified atom stereocenters. The molecule has 9 N–H and O–H groups in total. The smallest absolute Gasteiger partial charge is 0.416 e. The van der Waals surface area contributed by atoms with Crippen LogP contribution in [0.4, 0.5) is 52.7 Å². The van der Waals surface area contributed by atoms with Gasteiger partial charge in [0.25, 0.3) is 35.4 Å². The molecule has 756 valence electrons. The number of thiophene rings is 4. The van der Waals surface area contributed by atoms with Gasteiger partial charge in [0.1, 0.15) is 4.88 Å². The van der Waals surface area contributed by atoms with Gasteiger partial charge < -0.3 is 32.9 Å². The molecule has 0 aliphatic carbocycles. The second-order valence-electron chi connectivity index (χ2n) is 35.0. The Balaban J connectivity index is 0.000000133. The number of alkyl halides is 12. The van der Waals surface area contributed by atoms with Crippen LogP contribution in [-0.4, -0.2) is 146 Å². The largest absolute Gasteiger partial charge is 0.477 e. The Labute approximate surface area is 856 Å². The molecule has 6 amide bonds. The summed E-state index contributed by atoms with van der Waals surface area (Å²) in [5.41, 5.74) is 24.3. The van der Waals surface area contributed by atoms with Gasteiger partial charge in [-0.1, -0.05) is 143 Å². The molecule has 14 aromatic rings. The number of Topliss-reactive ketones (excluding diaryl/α,β-unsaturated/α-hetero) is 1. The summed E-state index contributed by atoms with van der Waals surface area (Å²) in [6.07, 6.45) is -3.75. The Morgan fingerprint density at radius 1 is 0.372 bits per heavy atom. The van der Waals surface area contributed by atoms with E-state index in [1.54, 1.807) is 108 Å². The number of carboxylic acid groups (broad SMARTS) is 1. The second-order valence-corrected chi connectivity index (χ2v) is 41.1. The Morgan fingerprint density at radius 3 is 1.00 bits per heavy atom. The van der Waals surface area contributed by atoms with Gasteiger partial charge in [-0.15, -0.1) is 45.3 Å². The van der Waals surface area contributed by atoms with E-state index in [2.05, 4.69) is 31.0 Å². The number of aromatic carboxylic acids is 1. The SMILES string of the molecule is NC[C@@H](CC(=O)c1cc2c(s1)CCCn1ncc(Cl)c1-2)Cc1cccc(C(F)(F)F)c1.NC[C@H](Cc1cccc(C(F)(F)F)c1)NC(=O)c1cc2c(s1)CCCn1ncc(Cl)c1-2.N[C@@H](Cc1cccc(C(F)(F)F)c1)CN1C(=O)c2ccccc2C1=O.O=C(N[C@@H](Cc1cccc(C(F)(F)F)c1)CN1C(=O)c2ccccc2C1=O)c1cc2c(s1)CCCn1ncc(Cl)c1-2.O=C(O)c1cc2c(s1)CCCn1ncc(Cl)c1-2. The van der Waals surface area contributed by atoms with Crippen molar-refractivity contribution in [1.82, 2.24) is 59.6 Å². The van der Waals surface area contributed by atoms with Crippen molar-refractivity contribution in [3.05, 3.63) is 321 Å². The van der Waals surface area contributed by atoms with E-state index in [4.69, 9.17) is 68.7 Å². The van der Waals surface area contributed by atoms with Crippen LogP contribution >= 0.6 is 91.8 Å². The number of ketones is 1. The molecule has 6 aliphatic rings. The van der Waals surface area contributed by atoms with Crippen molar-refractivity contribution in [2.45, 2.75) is 152 Å². The summed E-state index contributed by atoms with van der Waals surface area (Å²) >= 11 is 30.7. The number of carboxylic acids is 1. The number of aryl methyl sites for hydroxylation is 8. The maximum atomic E-state index is 13.5. The summed E-state index contributed by atoms with van der Waals surface area (Å²) in [5, 5.41) is 34.1. The number of hydrogen-bond donors (Lipinski definition) is 6. The third-order valence-corrected chi connectivity index (χ3v) is 30.7. The van der Waals surface area contributed by atoms with Crippen LogP contribution < -0.4 is 27.8 Å². The number of nitrogens with one attached hydrogen (secondary N) is 2. The monoisotopic (exact) mass is 2150 g/mol. The van der Waals surface area contributed by atoms with E-state index in [9.17, 15) is 91.0 Å². The molecular weight excluding hydrogens is 2070 g/mol. The summed E-state index contributed by atoms with van der Waals surface area (Å²) in [6.45, 7) is 3.12. The van der Waals surface area contributed by atoms with Crippen molar-refractivity contribution in [1.29, 1.82) is 0 Å². The van der Waals surface area contributed by atoms with Gasteiger partial charge in [-0.3, -0.25) is 62.1 Å². The van der Waals surface area contributed by atoms with Gasteiger partial charge >= 0.3 is 30.7 Å². The zero-order chi connectivity index (χ0) is 103. The van der Waals surface area contributed by atoms with Gasteiger partial charge in [0.15, 0.2) is 5.78 Å². The highest BCUT2D eigenvalue weighted by Crippen LogP contribution is 2.46. The van der Waals surface area contributed by atoms with E-state index in [0.717, 1.165) is 194 Å². The molecule has 0 bridgehead atoms. The number of rotatable bonds is 22. The zero-order valence-electron chi connectivity index (χ0n) is 76.2. The molecule has 44 heteroatoms. The molecule has 6 aromatic carbocycles. The number of nitrogens with two attached hydrogens (primary N) is 3. The number of aromatic nitrogens is 8. The average molecular weight is 2150 g/mol. The molecule has 0 fully saturated rings. The lowest BCUT2D eigenvalue weighted by molar-refractivity contribution is -0.138. The normalized spacial score (nSPS) is 14.8. The van der Waals surface area contributed by atoms with Crippen molar-refractivity contribution in [2.24, 2.45) is 23.1 Å². The molecule has 6 aliphatic heterocycles. The van der Waals surface area contributed by atoms with Crippen molar-refractivity contribution < 1.29 is 96.1 Å². The highest BCUT2D eigenvalue weighted by molar-refractivity contribution is 7.15. The van der Waals surface area contributed by atoms with E-state index in [-0.39, 0.29) is 80.6 Å². The topological polar surface area (TPSA) is 337 Å². The summed E-state index contributed by atoms with van der Waals surface area (Å²) in [7, 11) is 0. The minimum Gasteiger partial charge on any atom is -0.477 e. The first kappa shape index (κ1) is 105. The molecule has 0 spiro atoms. The quantitative estimate of drug-likeness (QED) is 0.0209. The number of carbonyl (C=O) groups excluding carboxylic acids is 7. The van der Waals surface area contributed by atoms with Gasteiger partial charge in [0.05, 0.1) is 133 Å². The van der Waals surface area contributed by atoms with E-state index in [1.165, 1.54) is 81.7 Å². The Hall–Kier alpha value is -12.5. The summed E-state index contributed by atoms with van der Waals surface area (Å²) in [5.74, 6) is -3.83. The van der Waals surface area contributed by atoms with E-state index in [1.807, 2.05) is 20.1 Å². The lowest BCUT2D eigenvalue weighted by Gasteiger charge is -2.24. The third kappa shape index (κ3) is 24.3. The molecule has 14 heterocycles. The number of halogens is 16. The van der Waals surface area contributed by atoms with Crippen molar-refractivity contribution in [3.8, 4) is 45.0 Å². The van der Waals surface area contributed by atoms with Crippen LogP contribution in [0.25, 0.3) is 45.0 Å². The number of imide groups is 2. The number of fused-ring (bicyclic) bond motifs is 14.